The van der Waals surface area contributed by atoms with E-state index >= 15 is 0 Å². The van der Waals surface area contributed by atoms with Crippen LogP contribution >= 0.6 is 11.6 Å². The molecule has 0 aliphatic carbocycles. The van der Waals surface area contributed by atoms with Crippen molar-refractivity contribution in [2.24, 2.45) is 0 Å². The second-order valence-electron chi connectivity index (χ2n) is 3.16. The van der Waals surface area contributed by atoms with E-state index in [9.17, 15) is 4.39 Å². The quantitative estimate of drug-likeness (QED) is 0.816. The van der Waals surface area contributed by atoms with Gasteiger partial charge in [-0.2, -0.15) is 0 Å². The Morgan fingerprint density at radius 1 is 1.19 bits per heavy atom. The number of nitrogens with zero attached hydrogens (tertiary/aromatic N) is 1. The van der Waals surface area contributed by atoms with E-state index < -0.39 is 0 Å². The van der Waals surface area contributed by atoms with Gasteiger partial charge in [-0.15, -0.1) is 0 Å². The molecule has 82 valence electrons. The minimum Gasteiger partial charge on any atom is -0.473 e. The summed E-state index contributed by atoms with van der Waals surface area (Å²) < 4.78 is 18.7. The zero-order valence-electron chi connectivity index (χ0n) is 8.36. The molecule has 0 saturated heterocycles. The summed E-state index contributed by atoms with van der Waals surface area (Å²) in [7, 11) is 0. The normalized spacial score (nSPS) is 10.1. The van der Waals surface area contributed by atoms with E-state index in [-0.39, 0.29) is 12.4 Å². The van der Waals surface area contributed by atoms with Gasteiger partial charge in [0.2, 0.25) is 5.88 Å². The predicted molar refractivity (Wildman–Crippen MR) is 60.0 cm³/mol. The van der Waals surface area contributed by atoms with Crippen LogP contribution in [0.5, 0.6) is 5.88 Å². The van der Waals surface area contributed by atoms with Gasteiger partial charge in [-0.3, -0.25) is 0 Å². The molecular weight excluding hydrogens is 229 g/mol. The second kappa shape index (κ2) is 4.94. The van der Waals surface area contributed by atoms with E-state index in [1.54, 1.807) is 36.5 Å². The maximum atomic E-state index is 13.4. The number of hydrogen-bond donors (Lipinski definition) is 0. The fraction of sp³-hybridized carbons (Fsp3) is 0.0833. The average Bonchev–Trinajstić information content (AvgIpc) is 2.30. The van der Waals surface area contributed by atoms with Gasteiger partial charge < -0.3 is 4.74 Å². The van der Waals surface area contributed by atoms with Crippen LogP contribution in [0.1, 0.15) is 5.56 Å². The Balaban J connectivity index is 2.11. The molecule has 16 heavy (non-hydrogen) atoms. The number of ether oxygens (including phenoxy) is 1. The summed E-state index contributed by atoms with van der Waals surface area (Å²) in [5.41, 5.74) is 0.342. The average molecular weight is 238 g/mol. The van der Waals surface area contributed by atoms with E-state index in [1.807, 2.05) is 0 Å². The Morgan fingerprint density at radius 3 is 2.75 bits per heavy atom. The number of benzene rings is 1. The fourth-order valence-corrected chi connectivity index (χ4v) is 1.47. The van der Waals surface area contributed by atoms with E-state index in [4.69, 9.17) is 16.3 Å². The molecule has 0 N–H and O–H groups in total. The van der Waals surface area contributed by atoms with Gasteiger partial charge in [-0.25, -0.2) is 9.37 Å². The molecule has 0 aliphatic rings. The Kier molecular flexibility index (Phi) is 3.37. The summed E-state index contributed by atoms with van der Waals surface area (Å²) in [4.78, 5) is 3.97. The molecule has 2 aromatic rings. The van der Waals surface area contributed by atoms with Crippen LogP contribution in [0.2, 0.25) is 5.02 Å². The summed E-state index contributed by atoms with van der Waals surface area (Å²) in [5, 5.41) is 0.357. The van der Waals surface area contributed by atoms with Gasteiger partial charge in [0, 0.05) is 17.8 Å². The highest BCUT2D eigenvalue weighted by Gasteiger charge is 2.07. The lowest BCUT2D eigenvalue weighted by molar-refractivity contribution is 0.288. The molecule has 0 atom stereocenters. The standard InChI is InChI=1S/C12H9ClFNO/c13-10-4-3-5-11(14)9(10)8-16-12-6-1-2-7-15-12/h1-7H,8H2. The van der Waals surface area contributed by atoms with Crippen LogP contribution in [-0.4, -0.2) is 4.98 Å². The van der Waals surface area contributed by atoms with Crippen LogP contribution in [0, 0.1) is 5.82 Å². The van der Waals surface area contributed by atoms with Gasteiger partial charge in [0.05, 0.1) is 5.02 Å². The Bertz CT molecular complexity index is 455. The number of rotatable bonds is 3. The first-order valence-corrected chi connectivity index (χ1v) is 5.12. The first-order valence-electron chi connectivity index (χ1n) is 4.74. The zero-order valence-corrected chi connectivity index (χ0v) is 9.12. The van der Waals surface area contributed by atoms with Crippen LogP contribution in [0.4, 0.5) is 4.39 Å². The fourth-order valence-electron chi connectivity index (χ4n) is 1.25. The summed E-state index contributed by atoms with van der Waals surface area (Å²) >= 11 is 5.86. The highest BCUT2D eigenvalue weighted by atomic mass is 35.5. The summed E-state index contributed by atoms with van der Waals surface area (Å²) in [6.07, 6.45) is 1.61. The number of pyridine rings is 1. The highest BCUT2D eigenvalue weighted by Crippen LogP contribution is 2.20. The minimum atomic E-state index is -0.372. The zero-order chi connectivity index (χ0) is 11.4. The summed E-state index contributed by atoms with van der Waals surface area (Å²) in [6, 6.07) is 9.82. The van der Waals surface area contributed by atoms with Crippen molar-refractivity contribution in [3.8, 4) is 5.88 Å². The van der Waals surface area contributed by atoms with E-state index in [1.165, 1.54) is 6.07 Å². The largest absolute Gasteiger partial charge is 0.473 e. The summed E-state index contributed by atoms with van der Waals surface area (Å²) in [6.45, 7) is 0.0719. The van der Waals surface area contributed by atoms with Gasteiger partial charge in [0.1, 0.15) is 12.4 Å². The van der Waals surface area contributed by atoms with Crippen molar-refractivity contribution in [3.05, 3.63) is 59.0 Å². The molecule has 0 fully saturated rings. The number of hydrogen-bond acceptors (Lipinski definition) is 2. The molecule has 2 rings (SSSR count). The van der Waals surface area contributed by atoms with E-state index in [0.29, 0.717) is 16.5 Å². The monoisotopic (exact) mass is 237 g/mol. The molecule has 1 aromatic carbocycles. The van der Waals surface area contributed by atoms with Crippen molar-refractivity contribution in [3.63, 3.8) is 0 Å². The maximum absolute atomic E-state index is 13.4. The summed E-state index contributed by atoms with van der Waals surface area (Å²) in [5.74, 6) is 0.0743. The molecule has 0 spiro atoms. The lowest BCUT2D eigenvalue weighted by Gasteiger charge is -2.07. The molecule has 1 heterocycles. The third-order valence-electron chi connectivity index (χ3n) is 2.06. The third kappa shape index (κ3) is 2.49. The number of halogens is 2. The van der Waals surface area contributed by atoms with Crippen molar-refractivity contribution in [2.75, 3.05) is 0 Å². The van der Waals surface area contributed by atoms with Crippen molar-refractivity contribution in [1.82, 2.24) is 4.98 Å². The van der Waals surface area contributed by atoms with Crippen molar-refractivity contribution >= 4 is 11.6 Å². The maximum Gasteiger partial charge on any atom is 0.213 e. The molecule has 0 unspecified atom stereocenters. The SMILES string of the molecule is Fc1cccc(Cl)c1COc1ccccn1. The van der Waals surface area contributed by atoms with Crippen LogP contribution in [0.25, 0.3) is 0 Å². The Hall–Kier alpha value is -1.61. The van der Waals surface area contributed by atoms with Crippen molar-refractivity contribution in [1.29, 1.82) is 0 Å². The first kappa shape index (κ1) is 10.9. The number of aromatic nitrogens is 1. The van der Waals surface area contributed by atoms with Crippen LogP contribution in [0.3, 0.4) is 0 Å². The van der Waals surface area contributed by atoms with Gasteiger partial charge in [-0.05, 0) is 18.2 Å². The molecule has 4 heteroatoms. The lowest BCUT2D eigenvalue weighted by Crippen LogP contribution is -2.00. The Labute approximate surface area is 97.7 Å². The smallest absolute Gasteiger partial charge is 0.213 e. The molecule has 0 bridgehead atoms. The van der Waals surface area contributed by atoms with Crippen LogP contribution in [-0.2, 0) is 6.61 Å². The van der Waals surface area contributed by atoms with Crippen LogP contribution in [0.15, 0.2) is 42.6 Å². The first-order chi connectivity index (χ1) is 7.77. The molecule has 1 aromatic heterocycles. The van der Waals surface area contributed by atoms with Gasteiger partial charge in [-0.1, -0.05) is 23.7 Å². The minimum absolute atomic E-state index is 0.0719. The molecule has 2 nitrogen and oxygen atoms in total. The topological polar surface area (TPSA) is 22.1 Å². The third-order valence-corrected chi connectivity index (χ3v) is 2.42. The van der Waals surface area contributed by atoms with Gasteiger partial charge >= 0.3 is 0 Å². The second-order valence-corrected chi connectivity index (χ2v) is 3.56. The van der Waals surface area contributed by atoms with Crippen molar-refractivity contribution < 1.29 is 9.13 Å². The van der Waals surface area contributed by atoms with Gasteiger partial charge in [0.25, 0.3) is 0 Å². The van der Waals surface area contributed by atoms with Gasteiger partial charge in [0.15, 0.2) is 0 Å². The predicted octanol–water partition coefficient (Wildman–Crippen LogP) is 3.45. The highest BCUT2D eigenvalue weighted by molar-refractivity contribution is 6.31. The van der Waals surface area contributed by atoms with E-state index in [2.05, 4.69) is 4.98 Å². The molecular formula is C12H9ClFNO. The molecule has 0 amide bonds. The van der Waals surface area contributed by atoms with E-state index in [0.717, 1.165) is 0 Å². The lowest BCUT2D eigenvalue weighted by atomic mass is 10.2. The van der Waals surface area contributed by atoms with Crippen molar-refractivity contribution in [2.45, 2.75) is 6.61 Å². The molecule has 0 aliphatic heterocycles. The van der Waals surface area contributed by atoms with Crippen LogP contribution < -0.4 is 4.74 Å². The molecule has 0 saturated carbocycles. The Morgan fingerprint density at radius 2 is 2.06 bits per heavy atom. The molecule has 0 radical (unpaired) electrons.